The van der Waals surface area contributed by atoms with Crippen LogP contribution in [0, 0.1) is 15.5 Å². The fourth-order valence-corrected chi connectivity index (χ4v) is 5.52. The summed E-state index contributed by atoms with van der Waals surface area (Å²) in [5.41, 5.74) is -0.805. The van der Waals surface area contributed by atoms with E-state index in [0.29, 0.717) is 6.42 Å². The van der Waals surface area contributed by atoms with Gasteiger partial charge in [-0.2, -0.15) is 4.31 Å². The smallest absolute Gasteiger partial charge is 0.269 e. The lowest BCUT2D eigenvalue weighted by molar-refractivity contribution is -0.384. The summed E-state index contributed by atoms with van der Waals surface area (Å²) in [6.45, 7) is 0.367. The highest BCUT2D eigenvalue weighted by Gasteiger charge is 2.72. The standard InChI is InChI=1S/C12H11BrN2O5S/c13-12-5-11(12,8-16)6-14(7-12)21(19,20)10-3-1-9(2-4-10)15(17)18/h1-4,8H,5-7H2. The highest BCUT2D eigenvalue weighted by molar-refractivity contribution is 9.10. The summed E-state index contributed by atoms with van der Waals surface area (Å²) in [5.74, 6) is 0. The number of halogens is 1. The molecule has 9 heteroatoms. The van der Waals surface area contributed by atoms with E-state index in [0.717, 1.165) is 18.4 Å². The van der Waals surface area contributed by atoms with E-state index in [9.17, 15) is 23.3 Å². The number of piperidine rings is 1. The maximum Gasteiger partial charge on any atom is 0.269 e. The third kappa shape index (κ3) is 2.02. The van der Waals surface area contributed by atoms with Gasteiger partial charge in [-0.1, -0.05) is 15.9 Å². The molecule has 112 valence electrons. The highest BCUT2D eigenvalue weighted by atomic mass is 79.9. The van der Waals surface area contributed by atoms with Crippen LogP contribution in [0.5, 0.6) is 0 Å². The molecule has 1 aliphatic heterocycles. The number of non-ortho nitro benzene ring substituents is 1. The van der Waals surface area contributed by atoms with Gasteiger partial charge in [0, 0.05) is 25.2 Å². The molecular weight excluding hydrogens is 364 g/mol. The number of hydrogen-bond donors (Lipinski definition) is 0. The second-order valence-corrected chi connectivity index (χ2v) is 8.90. The van der Waals surface area contributed by atoms with Crippen LogP contribution >= 0.6 is 15.9 Å². The molecule has 7 nitrogen and oxygen atoms in total. The van der Waals surface area contributed by atoms with E-state index in [2.05, 4.69) is 15.9 Å². The first kappa shape index (κ1) is 14.6. The van der Waals surface area contributed by atoms with Gasteiger partial charge in [-0.15, -0.1) is 0 Å². The Bertz CT molecular complexity index is 735. The van der Waals surface area contributed by atoms with Gasteiger partial charge < -0.3 is 4.79 Å². The predicted octanol–water partition coefficient (Wildman–Crippen LogP) is 1.32. The van der Waals surface area contributed by atoms with Crippen LogP contribution in [0.3, 0.4) is 0 Å². The summed E-state index contributed by atoms with van der Waals surface area (Å²) in [4.78, 5) is 21.2. The summed E-state index contributed by atoms with van der Waals surface area (Å²) >= 11 is 3.44. The van der Waals surface area contributed by atoms with Gasteiger partial charge in [-0.25, -0.2) is 8.42 Å². The van der Waals surface area contributed by atoms with Crippen LogP contribution in [-0.4, -0.2) is 41.3 Å². The molecule has 2 aliphatic rings. The van der Waals surface area contributed by atoms with Crippen LogP contribution in [0.25, 0.3) is 0 Å². The van der Waals surface area contributed by atoms with E-state index >= 15 is 0 Å². The fraction of sp³-hybridized carbons (Fsp3) is 0.417. The van der Waals surface area contributed by atoms with Gasteiger partial charge in [-0.3, -0.25) is 10.1 Å². The van der Waals surface area contributed by atoms with Crippen molar-refractivity contribution in [3.05, 3.63) is 34.4 Å². The maximum atomic E-state index is 12.5. The Morgan fingerprint density at radius 1 is 1.29 bits per heavy atom. The number of carbonyl (C=O) groups excluding carboxylic acids is 1. The van der Waals surface area contributed by atoms with E-state index in [4.69, 9.17) is 0 Å². The zero-order chi connectivity index (χ0) is 15.5. The zero-order valence-corrected chi connectivity index (χ0v) is 13.1. The van der Waals surface area contributed by atoms with E-state index in [1.54, 1.807) is 0 Å². The minimum atomic E-state index is -3.75. The molecule has 0 aromatic heterocycles. The number of nitro groups is 1. The summed E-state index contributed by atoms with van der Waals surface area (Å²) < 4.78 is 25.8. The van der Waals surface area contributed by atoms with Gasteiger partial charge in [0.05, 0.1) is 19.6 Å². The summed E-state index contributed by atoms with van der Waals surface area (Å²) in [6, 6.07) is 4.74. The predicted molar refractivity (Wildman–Crippen MR) is 76.6 cm³/mol. The van der Waals surface area contributed by atoms with Crippen molar-refractivity contribution in [3.8, 4) is 0 Å². The van der Waals surface area contributed by atoms with Crippen molar-refractivity contribution >= 4 is 37.9 Å². The third-order valence-electron chi connectivity index (χ3n) is 4.16. The number of sulfonamides is 1. The van der Waals surface area contributed by atoms with E-state index in [1.165, 1.54) is 16.4 Å². The van der Waals surface area contributed by atoms with Gasteiger partial charge in [0.1, 0.15) is 6.29 Å². The van der Waals surface area contributed by atoms with Gasteiger partial charge in [0.25, 0.3) is 5.69 Å². The Labute approximate surface area is 129 Å². The Hall–Kier alpha value is -1.32. The lowest BCUT2D eigenvalue weighted by Crippen LogP contribution is -2.33. The largest absolute Gasteiger partial charge is 0.303 e. The fourth-order valence-electron chi connectivity index (χ4n) is 2.76. The minimum Gasteiger partial charge on any atom is -0.303 e. The zero-order valence-electron chi connectivity index (χ0n) is 10.7. The van der Waals surface area contributed by atoms with Crippen molar-refractivity contribution in [2.45, 2.75) is 15.6 Å². The Kier molecular flexibility index (Phi) is 3.02. The summed E-state index contributed by atoms with van der Waals surface area (Å²) in [6.07, 6.45) is 1.45. The number of aldehydes is 1. The quantitative estimate of drug-likeness (QED) is 0.342. The van der Waals surface area contributed by atoms with E-state index in [-0.39, 0.29) is 23.7 Å². The Morgan fingerprint density at radius 2 is 1.90 bits per heavy atom. The van der Waals surface area contributed by atoms with Gasteiger partial charge >= 0.3 is 0 Å². The molecule has 1 heterocycles. The van der Waals surface area contributed by atoms with Gasteiger partial charge in [0.15, 0.2) is 0 Å². The molecule has 0 spiro atoms. The molecule has 3 rings (SSSR count). The molecule has 0 amide bonds. The first-order valence-corrected chi connectivity index (χ1v) is 8.37. The number of benzene rings is 1. The van der Waals surface area contributed by atoms with Crippen LogP contribution in [-0.2, 0) is 14.8 Å². The number of rotatable bonds is 4. The highest BCUT2D eigenvalue weighted by Crippen LogP contribution is 2.66. The molecule has 1 aromatic carbocycles. The van der Waals surface area contributed by atoms with Crippen molar-refractivity contribution < 1.29 is 18.1 Å². The van der Waals surface area contributed by atoms with Crippen LogP contribution in [0.2, 0.25) is 0 Å². The molecule has 0 radical (unpaired) electrons. The summed E-state index contributed by atoms with van der Waals surface area (Å²) in [7, 11) is -3.75. The Morgan fingerprint density at radius 3 is 2.38 bits per heavy atom. The van der Waals surface area contributed by atoms with Crippen molar-refractivity contribution in [1.29, 1.82) is 0 Å². The molecule has 0 N–H and O–H groups in total. The molecule has 2 fully saturated rings. The number of alkyl halides is 1. The molecule has 1 saturated heterocycles. The average molecular weight is 375 g/mol. The number of nitro benzene ring substituents is 1. The molecule has 0 bridgehead atoms. The van der Waals surface area contributed by atoms with Crippen molar-refractivity contribution in [2.75, 3.05) is 13.1 Å². The van der Waals surface area contributed by atoms with Crippen LogP contribution in [0.15, 0.2) is 29.2 Å². The second-order valence-electron chi connectivity index (χ2n) is 5.44. The van der Waals surface area contributed by atoms with Crippen molar-refractivity contribution in [3.63, 3.8) is 0 Å². The van der Waals surface area contributed by atoms with Crippen molar-refractivity contribution in [2.24, 2.45) is 5.41 Å². The number of fused-ring (bicyclic) bond motifs is 1. The normalized spacial score (nSPS) is 31.7. The first-order chi connectivity index (χ1) is 9.74. The minimum absolute atomic E-state index is 0.00783. The van der Waals surface area contributed by atoms with Gasteiger partial charge in [-0.05, 0) is 18.6 Å². The molecule has 1 saturated carbocycles. The molecule has 1 aromatic rings. The maximum absolute atomic E-state index is 12.5. The van der Waals surface area contributed by atoms with Gasteiger partial charge in [0.2, 0.25) is 10.0 Å². The van der Waals surface area contributed by atoms with E-state index < -0.39 is 24.7 Å². The monoisotopic (exact) mass is 374 g/mol. The molecule has 1 aliphatic carbocycles. The number of carbonyl (C=O) groups is 1. The second kappa shape index (κ2) is 4.34. The van der Waals surface area contributed by atoms with Crippen LogP contribution < -0.4 is 0 Å². The number of hydrogen-bond acceptors (Lipinski definition) is 5. The third-order valence-corrected chi connectivity index (χ3v) is 7.29. The SMILES string of the molecule is O=CC12CN(S(=O)(=O)c3ccc([N+](=O)[O-])cc3)CC1(Br)C2. The lowest BCUT2D eigenvalue weighted by Gasteiger charge is -2.19. The topological polar surface area (TPSA) is 97.6 Å². The average Bonchev–Trinajstić information content (AvgIpc) is 2.91. The summed E-state index contributed by atoms with van der Waals surface area (Å²) in [5, 5.41) is 10.6. The molecular formula is C12H11BrN2O5S. The lowest BCUT2D eigenvalue weighted by atomic mass is 10.1. The number of nitrogens with zero attached hydrogens (tertiary/aromatic N) is 2. The first-order valence-electron chi connectivity index (χ1n) is 6.14. The molecule has 2 atom stereocenters. The molecule has 2 unspecified atom stereocenters. The Balaban J connectivity index is 1.89. The molecule has 21 heavy (non-hydrogen) atoms. The van der Waals surface area contributed by atoms with Crippen molar-refractivity contribution in [1.82, 2.24) is 4.31 Å². The van der Waals surface area contributed by atoms with E-state index in [1.807, 2.05) is 0 Å². The van der Waals surface area contributed by atoms with Crippen LogP contribution in [0.4, 0.5) is 5.69 Å². The van der Waals surface area contributed by atoms with Crippen LogP contribution in [0.1, 0.15) is 6.42 Å².